The first-order valence-corrected chi connectivity index (χ1v) is 7.00. The Hall–Kier alpha value is -0.740. The highest BCUT2D eigenvalue weighted by molar-refractivity contribution is 7.20. The van der Waals surface area contributed by atoms with Crippen LogP contribution in [0, 0.1) is 0 Å². The van der Waals surface area contributed by atoms with Gasteiger partial charge in [0.05, 0.1) is 15.8 Å². The number of rotatable bonds is 4. The Labute approximate surface area is 120 Å². The molecule has 0 aliphatic carbocycles. The number of halogens is 2. The second-order valence-electron chi connectivity index (χ2n) is 3.94. The van der Waals surface area contributed by atoms with E-state index in [1.165, 1.54) is 11.3 Å². The lowest BCUT2D eigenvalue weighted by atomic mass is 10.0. The van der Waals surface area contributed by atoms with Gasteiger partial charge in [-0.05, 0) is 30.2 Å². The van der Waals surface area contributed by atoms with Gasteiger partial charge >= 0.3 is 0 Å². The zero-order valence-electron chi connectivity index (χ0n) is 9.82. The van der Waals surface area contributed by atoms with E-state index in [9.17, 15) is 0 Å². The van der Waals surface area contributed by atoms with E-state index in [1.54, 1.807) is 7.11 Å². The normalized spacial score (nSPS) is 12.4. The van der Waals surface area contributed by atoms with Gasteiger partial charge in [-0.3, -0.25) is 0 Å². The van der Waals surface area contributed by atoms with Gasteiger partial charge in [0.15, 0.2) is 0 Å². The third-order valence-corrected chi connectivity index (χ3v) is 4.19. The minimum atomic E-state index is -0.159. The fraction of sp³-hybridized carbons (Fsp3) is 0.231. The largest absolute Gasteiger partial charge is 0.497 e. The Bertz CT molecular complexity index is 542. The van der Waals surface area contributed by atoms with Crippen LogP contribution in [0.15, 0.2) is 30.3 Å². The van der Waals surface area contributed by atoms with Crippen molar-refractivity contribution in [3.63, 3.8) is 0 Å². The molecule has 18 heavy (non-hydrogen) atoms. The predicted octanol–water partition coefficient (Wildman–Crippen LogP) is 4.31. The average Bonchev–Trinajstić information content (AvgIpc) is 2.69. The Kier molecular flexibility index (Phi) is 4.51. The van der Waals surface area contributed by atoms with Gasteiger partial charge in [0, 0.05) is 11.6 Å². The summed E-state index contributed by atoms with van der Waals surface area (Å²) >= 11 is 13.4. The van der Waals surface area contributed by atoms with Crippen LogP contribution in [0.5, 0.6) is 5.75 Å². The standard InChI is InChI=1S/C13H13Cl2NOS/c1-17-9-4-2-3-8(5-9)6-11(16)10-7-12(14)18-13(10)15/h2-5,7,11H,6,16H2,1H3. The van der Waals surface area contributed by atoms with Crippen LogP contribution < -0.4 is 10.5 Å². The van der Waals surface area contributed by atoms with Gasteiger partial charge in [-0.1, -0.05) is 35.3 Å². The summed E-state index contributed by atoms with van der Waals surface area (Å²) in [6, 6.07) is 9.52. The summed E-state index contributed by atoms with van der Waals surface area (Å²) in [5.41, 5.74) is 8.16. The number of benzene rings is 1. The molecule has 1 unspecified atom stereocenters. The van der Waals surface area contributed by atoms with E-state index in [2.05, 4.69) is 0 Å². The Morgan fingerprint density at radius 1 is 1.33 bits per heavy atom. The molecule has 1 aromatic heterocycles. The quantitative estimate of drug-likeness (QED) is 0.913. The molecule has 1 heterocycles. The average molecular weight is 302 g/mol. The summed E-state index contributed by atoms with van der Waals surface area (Å²) in [5, 5.41) is 0. The van der Waals surface area contributed by atoms with Crippen LogP contribution in [0.3, 0.4) is 0 Å². The van der Waals surface area contributed by atoms with Crippen molar-refractivity contribution in [1.29, 1.82) is 0 Å². The summed E-state index contributed by atoms with van der Waals surface area (Å²) in [6.45, 7) is 0. The molecule has 0 saturated heterocycles. The van der Waals surface area contributed by atoms with Crippen LogP contribution >= 0.6 is 34.5 Å². The number of nitrogens with two attached hydrogens (primary N) is 1. The molecule has 5 heteroatoms. The molecule has 0 bridgehead atoms. The van der Waals surface area contributed by atoms with E-state index in [0.717, 1.165) is 16.9 Å². The van der Waals surface area contributed by atoms with Crippen LogP contribution in [-0.2, 0) is 6.42 Å². The Morgan fingerprint density at radius 3 is 2.72 bits per heavy atom. The van der Waals surface area contributed by atoms with E-state index in [4.69, 9.17) is 33.7 Å². The van der Waals surface area contributed by atoms with Gasteiger partial charge < -0.3 is 10.5 Å². The second-order valence-corrected chi connectivity index (χ2v) is 6.23. The third-order valence-electron chi connectivity index (χ3n) is 2.67. The molecule has 1 atom stereocenters. The van der Waals surface area contributed by atoms with Crippen LogP contribution in [0.4, 0.5) is 0 Å². The Balaban J connectivity index is 2.15. The first kappa shape index (κ1) is 13.7. The smallest absolute Gasteiger partial charge is 0.119 e. The molecule has 0 radical (unpaired) electrons. The van der Waals surface area contributed by atoms with Gasteiger partial charge in [0.1, 0.15) is 5.75 Å². The minimum absolute atomic E-state index is 0.159. The van der Waals surface area contributed by atoms with E-state index in [1.807, 2.05) is 30.3 Å². The topological polar surface area (TPSA) is 35.2 Å². The lowest BCUT2D eigenvalue weighted by Gasteiger charge is -2.11. The lowest BCUT2D eigenvalue weighted by molar-refractivity contribution is 0.414. The van der Waals surface area contributed by atoms with Crippen molar-refractivity contribution in [2.24, 2.45) is 5.73 Å². The van der Waals surface area contributed by atoms with Crippen LogP contribution in [-0.4, -0.2) is 7.11 Å². The molecular weight excluding hydrogens is 289 g/mol. The van der Waals surface area contributed by atoms with E-state index >= 15 is 0 Å². The van der Waals surface area contributed by atoms with E-state index < -0.39 is 0 Å². The molecule has 0 aliphatic rings. The summed E-state index contributed by atoms with van der Waals surface area (Å²) in [6.07, 6.45) is 0.698. The maximum Gasteiger partial charge on any atom is 0.119 e. The molecule has 2 N–H and O–H groups in total. The number of hydrogen-bond acceptors (Lipinski definition) is 3. The predicted molar refractivity (Wildman–Crippen MR) is 78.0 cm³/mol. The fourth-order valence-corrected chi connectivity index (χ4v) is 3.37. The second kappa shape index (κ2) is 5.93. The SMILES string of the molecule is COc1cccc(CC(N)c2cc(Cl)sc2Cl)c1. The highest BCUT2D eigenvalue weighted by Gasteiger charge is 2.14. The molecule has 2 rings (SSSR count). The van der Waals surface area contributed by atoms with E-state index in [-0.39, 0.29) is 6.04 Å². The summed E-state index contributed by atoms with van der Waals surface area (Å²) in [4.78, 5) is 0. The molecular formula is C13H13Cl2NOS. The van der Waals surface area contributed by atoms with Crippen molar-refractivity contribution in [3.8, 4) is 5.75 Å². The van der Waals surface area contributed by atoms with Crippen LogP contribution in [0.2, 0.25) is 8.67 Å². The first-order chi connectivity index (χ1) is 8.60. The fourth-order valence-electron chi connectivity index (χ4n) is 1.77. The highest BCUT2D eigenvalue weighted by atomic mass is 35.5. The highest BCUT2D eigenvalue weighted by Crippen LogP contribution is 2.35. The van der Waals surface area contributed by atoms with Crippen molar-refractivity contribution in [3.05, 3.63) is 50.1 Å². The van der Waals surface area contributed by atoms with Crippen LogP contribution in [0.25, 0.3) is 0 Å². The van der Waals surface area contributed by atoms with Crippen molar-refractivity contribution >= 4 is 34.5 Å². The van der Waals surface area contributed by atoms with Gasteiger partial charge in [0.25, 0.3) is 0 Å². The number of hydrogen-bond donors (Lipinski definition) is 1. The third kappa shape index (κ3) is 3.18. The number of methoxy groups -OCH3 is 1. The van der Waals surface area contributed by atoms with Gasteiger partial charge in [-0.15, -0.1) is 11.3 Å². The lowest BCUT2D eigenvalue weighted by Crippen LogP contribution is -2.12. The molecule has 0 fully saturated rings. The molecule has 96 valence electrons. The summed E-state index contributed by atoms with van der Waals surface area (Å²) in [5.74, 6) is 0.828. The number of thiophene rings is 1. The molecule has 1 aromatic carbocycles. The zero-order valence-corrected chi connectivity index (χ0v) is 12.1. The summed E-state index contributed by atoms with van der Waals surface area (Å²) < 4.78 is 6.51. The molecule has 2 aromatic rings. The van der Waals surface area contributed by atoms with Crippen molar-refractivity contribution in [2.45, 2.75) is 12.5 Å². The zero-order chi connectivity index (χ0) is 13.1. The molecule has 0 aliphatic heterocycles. The molecule has 0 saturated carbocycles. The van der Waals surface area contributed by atoms with Gasteiger partial charge in [-0.2, -0.15) is 0 Å². The van der Waals surface area contributed by atoms with E-state index in [0.29, 0.717) is 15.1 Å². The van der Waals surface area contributed by atoms with Crippen molar-refractivity contribution < 1.29 is 4.74 Å². The van der Waals surface area contributed by atoms with Gasteiger partial charge in [0.2, 0.25) is 0 Å². The Morgan fingerprint density at radius 2 is 2.11 bits per heavy atom. The van der Waals surface area contributed by atoms with Gasteiger partial charge in [-0.25, -0.2) is 0 Å². The maximum atomic E-state index is 6.16. The summed E-state index contributed by atoms with van der Waals surface area (Å²) in [7, 11) is 1.65. The molecule has 0 spiro atoms. The maximum absolute atomic E-state index is 6.16. The first-order valence-electron chi connectivity index (χ1n) is 5.43. The van der Waals surface area contributed by atoms with Crippen molar-refractivity contribution in [1.82, 2.24) is 0 Å². The van der Waals surface area contributed by atoms with Crippen molar-refractivity contribution in [2.75, 3.05) is 7.11 Å². The molecule has 0 amide bonds. The monoisotopic (exact) mass is 301 g/mol. The minimum Gasteiger partial charge on any atom is -0.497 e. The number of ether oxygens (including phenoxy) is 1. The van der Waals surface area contributed by atoms with Crippen LogP contribution in [0.1, 0.15) is 17.2 Å². The molecule has 2 nitrogen and oxygen atoms in total.